The van der Waals surface area contributed by atoms with Gasteiger partial charge in [0.15, 0.2) is 6.61 Å². The Bertz CT molecular complexity index is 732. The van der Waals surface area contributed by atoms with E-state index in [9.17, 15) is 14.9 Å². The average Bonchev–Trinajstić information content (AvgIpc) is 2.55. The highest BCUT2D eigenvalue weighted by Gasteiger charge is 2.12. The van der Waals surface area contributed by atoms with Crippen molar-refractivity contribution in [1.29, 1.82) is 0 Å². The molecule has 0 aromatic heterocycles. The Balaban J connectivity index is 1.90. The van der Waals surface area contributed by atoms with E-state index >= 15 is 0 Å². The van der Waals surface area contributed by atoms with Crippen molar-refractivity contribution in [3.05, 3.63) is 57.6 Å². The van der Waals surface area contributed by atoms with E-state index in [1.165, 1.54) is 12.1 Å². The van der Waals surface area contributed by atoms with Gasteiger partial charge in [0, 0.05) is 12.1 Å². The van der Waals surface area contributed by atoms with Crippen molar-refractivity contribution in [2.45, 2.75) is 6.92 Å². The van der Waals surface area contributed by atoms with Gasteiger partial charge in [0.05, 0.1) is 16.6 Å². The van der Waals surface area contributed by atoms with E-state index in [4.69, 9.17) is 25.8 Å². The standard InChI is InChI=1S/C16H14ClNO6/c1-2-22-12-4-6-13(7-5-12)24-16(19)10-23-15-8-3-11(18(20)21)9-14(15)17/h3-9H,2,10H2,1H3. The number of nitro groups is 1. The number of halogens is 1. The minimum atomic E-state index is -0.631. The van der Waals surface area contributed by atoms with Gasteiger partial charge in [0.1, 0.15) is 17.2 Å². The lowest BCUT2D eigenvalue weighted by molar-refractivity contribution is -0.384. The van der Waals surface area contributed by atoms with Crippen LogP contribution in [0.3, 0.4) is 0 Å². The quantitative estimate of drug-likeness (QED) is 0.327. The molecule has 24 heavy (non-hydrogen) atoms. The average molecular weight is 352 g/mol. The molecule has 2 aromatic carbocycles. The van der Waals surface area contributed by atoms with Gasteiger partial charge in [-0.1, -0.05) is 11.6 Å². The summed E-state index contributed by atoms with van der Waals surface area (Å²) in [6.45, 7) is 2.03. The molecule has 0 spiro atoms. The van der Waals surface area contributed by atoms with Crippen molar-refractivity contribution in [3.63, 3.8) is 0 Å². The van der Waals surface area contributed by atoms with Crippen LogP contribution in [0.4, 0.5) is 5.69 Å². The zero-order valence-corrected chi connectivity index (χ0v) is 13.5. The summed E-state index contributed by atoms with van der Waals surface area (Å²) in [7, 11) is 0. The lowest BCUT2D eigenvalue weighted by Crippen LogP contribution is -2.17. The van der Waals surface area contributed by atoms with E-state index < -0.39 is 10.9 Å². The van der Waals surface area contributed by atoms with Crippen LogP contribution in [-0.4, -0.2) is 24.1 Å². The largest absolute Gasteiger partial charge is 0.494 e. The molecule has 2 rings (SSSR count). The van der Waals surface area contributed by atoms with Gasteiger partial charge in [-0.05, 0) is 37.3 Å². The molecule has 0 N–H and O–H groups in total. The van der Waals surface area contributed by atoms with Crippen LogP contribution in [0.1, 0.15) is 6.92 Å². The first-order valence-electron chi connectivity index (χ1n) is 7.00. The van der Waals surface area contributed by atoms with Gasteiger partial charge in [0.25, 0.3) is 5.69 Å². The summed E-state index contributed by atoms with van der Waals surface area (Å²) < 4.78 is 15.6. The summed E-state index contributed by atoms with van der Waals surface area (Å²) in [4.78, 5) is 21.8. The Labute approximate surface area is 142 Å². The number of hydrogen-bond acceptors (Lipinski definition) is 6. The Morgan fingerprint density at radius 3 is 2.38 bits per heavy atom. The molecule has 126 valence electrons. The topological polar surface area (TPSA) is 87.9 Å². The van der Waals surface area contributed by atoms with Crippen molar-refractivity contribution in [2.75, 3.05) is 13.2 Å². The normalized spacial score (nSPS) is 10.1. The molecule has 0 fully saturated rings. The van der Waals surface area contributed by atoms with E-state index in [-0.39, 0.29) is 23.1 Å². The summed E-state index contributed by atoms with van der Waals surface area (Å²) in [6.07, 6.45) is 0. The molecule has 0 saturated carbocycles. The van der Waals surface area contributed by atoms with Crippen LogP contribution in [-0.2, 0) is 4.79 Å². The highest BCUT2D eigenvalue weighted by molar-refractivity contribution is 6.32. The van der Waals surface area contributed by atoms with Gasteiger partial charge in [-0.25, -0.2) is 4.79 Å². The third-order valence-corrected chi connectivity index (χ3v) is 3.13. The fourth-order valence-electron chi connectivity index (χ4n) is 1.79. The van der Waals surface area contributed by atoms with Crippen molar-refractivity contribution >= 4 is 23.3 Å². The Hall–Kier alpha value is -2.80. The zero-order chi connectivity index (χ0) is 17.5. The summed E-state index contributed by atoms with van der Waals surface area (Å²) >= 11 is 5.87. The number of nitro benzene ring substituents is 1. The third-order valence-electron chi connectivity index (χ3n) is 2.84. The maximum atomic E-state index is 11.8. The van der Waals surface area contributed by atoms with Crippen molar-refractivity contribution < 1.29 is 23.9 Å². The Morgan fingerprint density at radius 1 is 1.12 bits per heavy atom. The molecule has 0 bridgehead atoms. The minimum absolute atomic E-state index is 0.0399. The second kappa shape index (κ2) is 8.16. The monoisotopic (exact) mass is 351 g/mol. The number of esters is 1. The Kier molecular flexibility index (Phi) is 5.97. The molecular formula is C16H14ClNO6. The van der Waals surface area contributed by atoms with E-state index in [1.807, 2.05) is 6.92 Å². The van der Waals surface area contributed by atoms with E-state index in [0.717, 1.165) is 6.07 Å². The second-order valence-corrected chi connectivity index (χ2v) is 4.95. The third kappa shape index (κ3) is 4.85. The van der Waals surface area contributed by atoms with Crippen LogP contribution >= 0.6 is 11.6 Å². The molecule has 0 unspecified atom stereocenters. The van der Waals surface area contributed by atoms with Crippen LogP contribution in [0.5, 0.6) is 17.2 Å². The molecule has 7 nitrogen and oxygen atoms in total. The number of carbonyl (C=O) groups is 1. The highest BCUT2D eigenvalue weighted by atomic mass is 35.5. The van der Waals surface area contributed by atoms with Crippen LogP contribution in [0.2, 0.25) is 5.02 Å². The van der Waals surface area contributed by atoms with Crippen LogP contribution < -0.4 is 14.2 Å². The van der Waals surface area contributed by atoms with Crippen molar-refractivity contribution in [2.24, 2.45) is 0 Å². The first kappa shape index (κ1) is 17.6. The molecular weight excluding hydrogens is 338 g/mol. The molecule has 0 saturated heterocycles. The molecule has 0 aliphatic rings. The summed E-state index contributed by atoms with van der Waals surface area (Å²) in [5, 5.41) is 10.7. The maximum Gasteiger partial charge on any atom is 0.349 e. The van der Waals surface area contributed by atoms with Crippen LogP contribution in [0.15, 0.2) is 42.5 Å². The van der Waals surface area contributed by atoms with Gasteiger partial charge in [-0.2, -0.15) is 0 Å². The fraction of sp³-hybridized carbons (Fsp3) is 0.188. The molecule has 2 aromatic rings. The highest BCUT2D eigenvalue weighted by Crippen LogP contribution is 2.28. The lowest BCUT2D eigenvalue weighted by Gasteiger charge is -2.08. The number of rotatable bonds is 7. The SMILES string of the molecule is CCOc1ccc(OC(=O)COc2ccc([N+](=O)[O-])cc2Cl)cc1. The lowest BCUT2D eigenvalue weighted by atomic mass is 10.3. The van der Waals surface area contributed by atoms with E-state index in [1.54, 1.807) is 24.3 Å². The molecule has 0 radical (unpaired) electrons. The van der Waals surface area contributed by atoms with Gasteiger partial charge in [0.2, 0.25) is 0 Å². The predicted octanol–water partition coefficient (Wildman–Crippen LogP) is 3.63. The zero-order valence-electron chi connectivity index (χ0n) is 12.7. The first-order valence-corrected chi connectivity index (χ1v) is 7.37. The molecule has 0 aliphatic carbocycles. The summed E-state index contributed by atoms with van der Waals surface area (Å²) in [5.74, 6) is 0.549. The predicted molar refractivity (Wildman–Crippen MR) is 86.8 cm³/mol. The molecule has 0 amide bonds. The first-order chi connectivity index (χ1) is 11.5. The number of non-ortho nitro benzene ring substituents is 1. The maximum absolute atomic E-state index is 11.8. The van der Waals surface area contributed by atoms with Crippen molar-refractivity contribution in [3.8, 4) is 17.2 Å². The summed E-state index contributed by atoms with van der Waals surface area (Å²) in [5.41, 5.74) is -0.163. The summed E-state index contributed by atoms with van der Waals surface area (Å²) in [6, 6.07) is 10.3. The van der Waals surface area contributed by atoms with E-state index in [2.05, 4.69) is 0 Å². The number of nitrogens with zero attached hydrogens (tertiary/aromatic N) is 1. The van der Waals surface area contributed by atoms with Crippen molar-refractivity contribution in [1.82, 2.24) is 0 Å². The number of carbonyl (C=O) groups excluding carboxylic acids is 1. The number of benzene rings is 2. The van der Waals surface area contributed by atoms with Gasteiger partial charge in [-0.3, -0.25) is 10.1 Å². The van der Waals surface area contributed by atoms with Gasteiger partial charge in [-0.15, -0.1) is 0 Å². The van der Waals surface area contributed by atoms with E-state index in [0.29, 0.717) is 18.1 Å². The number of hydrogen-bond donors (Lipinski definition) is 0. The second-order valence-electron chi connectivity index (χ2n) is 4.54. The molecule has 8 heteroatoms. The van der Waals surface area contributed by atoms with Gasteiger partial charge >= 0.3 is 5.97 Å². The molecule has 0 atom stereocenters. The smallest absolute Gasteiger partial charge is 0.349 e. The van der Waals surface area contributed by atoms with Gasteiger partial charge < -0.3 is 14.2 Å². The molecule has 0 aliphatic heterocycles. The van der Waals surface area contributed by atoms with Crippen LogP contribution in [0, 0.1) is 10.1 Å². The fourth-order valence-corrected chi connectivity index (χ4v) is 2.02. The van der Waals surface area contributed by atoms with Crippen LogP contribution in [0.25, 0.3) is 0 Å². The minimum Gasteiger partial charge on any atom is -0.494 e. The molecule has 0 heterocycles. The number of ether oxygens (including phenoxy) is 3. The Morgan fingerprint density at radius 2 is 1.79 bits per heavy atom.